The number of methoxy groups -OCH3 is 1. The Balaban J connectivity index is 0.000000457. The third kappa shape index (κ3) is 11.4. The molecule has 9 N–H and O–H groups in total. The summed E-state index contributed by atoms with van der Waals surface area (Å²) in [5, 5.41) is 48.9. The van der Waals surface area contributed by atoms with Crippen LogP contribution in [-0.2, 0) is 51.2 Å². The molecule has 0 saturated carbocycles. The smallest absolute Gasteiger partial charge is 0.275 e. The summed E-state index contributed by atoms with van der Waals surface area (Å²) in [7, 11) is 4.15. The molecule has 0 aromatic heterocycles. The zero-order chi connectivity index (χ0) is 48.4. The summed E-state index contributed by atoms with van der Waals surface area (Å²) in [6.45, 7) is 5.59. The highest BCUT2D eigenvalue weighted by atomic mass is 16.7. The van der Waals surface area contributed by atoms with Crippen molar-refractivity contribution < 1.29 is 72.9 Å². The van der Waals surface area contributed by atoms with Crippen molar-refractivity contribution in [3.8, 4) is 17.2 Å². The standard InChI is InChI=1S/C38H43N3O12.C8H14N2O2.CH4O/c1-19-24(52-27-18-49-14-13-40-27)11-12-28(51-19)53-26-16-38(47,37(46)41-50-17-20-7-9-21(39-2)10-8-20)15-23-30(26)36(45)32-31(34(23)43)33(42)22-5-4-6-25(48-3)29(22)35(32)44;9-8(12)7-1-3-10(4-2-7)5-6-11;1-2/h4-10,19,24,26-28,39-40,43,45,47H,11-18H2,1-3H3,(H,41,46);6-7H,1-5H2,(H2,9,12);2H,1H3/t19-,24-,26-,27?,28?,38-;;/m0../s1. The van der Waals surface area contributed by atoms with Crippen molar-refractivity contribution in [2.45, 2.75) is 88.5 Å². The van der Waals surface area contributed by atoms with Crippen molar-refractivity contribution in [1.82, 2.24) is 15.7 Å². The second-order valence-electron chi connectivity index (χ2n) is 16.8. The van der Waals surface area contributed by atoms with Gasteiger partial charge in [0, 0.05) is 68.3 Å². The largest absolute Gasteiger partial charge is 0.507 e. The summed E-state index contributed by atoms with van der Waals surface area (Å²) in [5.74, 6) is -3.74. The van der Waals surface area contributed by atoms with E-state index in [4.69, 9.17) is 39.4 Å². The number of ketones is 2. The van der Waals surface area contributed by atoms with E-state index in [9.17, 15) is 39.3 Å². The molecule has 3 aliphatic heterocycles. The number of aliphatic hydroxyl groups is 2. The Kier molecular flexibility index (Phi) is 17.4. The number of piperidine rings is 1. The molecule has 2 amide bonds. The molecule has 5 aliphatic rings. The van der Waals surface area contributed by atoms with Crippen molar-refractivity contribution in [2.24, 2.45) is 11.7 Å². The number of fused-ring (bicyclic) bond motifs is 3. The van der Waals surface area contributed by atoms with Gasteiger partial charge in [0.1, 0.15) is 29.8 Å². The first-order valence-corrected chi connectivity index (χ1v) is 22.2. The Morgan fingerprint density at radius 1 is 0.985 bits per heavy atom. The van der Waals surface area contributed by atoms with Gasteiger partial charge < -0.3 is 60.0 Å². The summed E-state index contributed by atoms with van der Waals surface area (Å²) < 4.78 is 29.7. The maximum Gasteiger partial charge on any atom is 0.275 e. The average Bonchev–Trinajstić information content (AvgIpc) is 3.34. The van der Waals surface area contributed by atoms with Crippen LogP contribution in [0.15, 0.2) is 42.5 Å². The van der Waals surface area contributed by atoms with Crippen molar-refractivity contribution in [3.63, 3.8) is 0 Å². The topological polar surface area (TPSA) is 287 Å². The van der Waals surface area contributed by atoms with Crippen LogP contribution in [0.4, 0.5) is 5.69 Å². The highest BCUT2D eigenvalue weighted by Gasteiger charge is 2.50. The third-order valence-corrected chi connectivity index (χ3v) is 12.6. The molecule has 6 atom stereocenters. The molecular weight excluding hydrogens is 875 g/mol. The lowest BCUT2D eigenvalue weighted by Crippen LogP contribution is -2.52. The van der Waals surface area contributed by atoms with Crippen molar-refractivity contribution >= 4 is 35.4 Å². The fourth-order valence-corrected chi connectivity index (χ4v) is 8.99. The van der Waals surface area contributed by atoms with E-state index in [1.54, 1.807) is 7.05 Å². The number of primary amides is 1. The Bertz CT molecular complexity index is 2250. The highest BCUT2D eigenvalue weighted by Crippen LogP contribution is 2.52. The van der Waals surface area contributed by atoms with Crippen LogP contribution in [0.1, 0.15) is 93.7 Å². The van der Waals surface area contributed by atoms with Crippen LogP contribution in [0.3, 0.4) is 0 Å². The fourth-order valence-electron chi connectivity index (χ4n) is 8.99. The molecule has 364 valence electrons. The maximum absolute atomic E-state index is 14.0. The van der Waals surface area contributed by atoms with Crippen molar-refractivity contribution in [2.75, 3.05) is 66.0 Å². The molecule has 20 nitrogen and oxygen atoms in total. The van der Waals surface area contributed by atoms with Gasteiger partial charge >= 0.3 is 0 Å². The number of benzene rings is 3. The molecule has 3 aromatic carbocycles. The van der Waals surface area contributed by atoms with Gasteiger partial charge in [-0.2, -0.15) is 0 Å². The number of carbonyl (C=O) groups is 5. The van der Waals surface area contributed by atoms with Crippen LogP contribution in [0, 0.1) is 5.92 Å². The molecule has 3 fully saturated rings. The first-order valence-electron chi connectivity index (χ1n) is 22.2. The lowest BCUT2D eigenvalue weighted by molar-refractivity contribution is -0.258. The molecule has 8 rings (SSSR count). The van der Waals surface area contributed by atoms with E-state index in [1.807, 2.05) is 36.1 Å². The lowest BCUT2D eigenvalue weighted by atomic mass is 9.72. The summed E-state index contributed by atoms with van der Waals surface area (Å²) >= 11 is 0. The number of morpholine rings is 1. The number of aliphatic hydroxyl groups excluding tert-OH is 1. The van der Waals surface area contributed by atoms with Crippen LogP contribution >= 0.6 is 0 Å². The number of hydrogen-bond donors (Lipinski definition) is 8. The number of hydroxylamine groups is 1. The van der Waals surface area contributed by atoms with E-state index < -0.39 is 77.0 Å². The van der Waals surface area contributed by atoms with E-state index in [0.717, 1.165) is 50.6 Å². The molecule has 20 heteroatoms. The first-order chi connectivity index (χ1) is 32.3. The Hall–Kier alpha value is -5.55. The van der Waals surface area contributed by atoms with Gasteiger partial charge in [-0.15, -0.1) is 0 Å². The van der Waals surface area contributed by atoms with E-state index in [-0.39, 0.29) is 58.8 Å². The Morgan fingerprint density at radius 3 is 2.33 bits per heavy atom. The minimum atomic E-state index is -2.26. The predicted molar refractivity (Wildman–Crippen MR) is 239 cm³/mol. The molecule has 67 heavy (non-hydrogen) atoms. The number of aldehydes is 1. The molecule has 2 aliphatic carbocycles. The number of hydrogen-bond acceptors (Lipinski definition) is 18. The highest BCUT2D eigenvalue weighted by molar-refractivity contribution is 6.31. The van der Waals surface area contributed by atoms with E-state index in [2.05, 4.69) is 16.1 Å². The fraction of sp³-hybridized carbons (Fsp3) is 0.511. The third-order valence-electron chi connectivity index (χ3n) is 12.6. The van der Waals surface area contributed by atoms with Crippen molar-refractivity contribution in [1.29, 1.82) is 0 Å². The van der Waals surface area contributed by atoms with Gasteiger partial charge in [0.2, 0.25) is 11.7 Å². The summed E-state index contributed by atoms with van der Waals surface area (Å²) in [5.41, 5.74) is 5.73. The molecule has 3 saturated heterocycles. The number of anilines is 1. The van der Waals surface area contributed by atoms with Crippen LogP contribution in [0.5, 0.6) is 17.2 Å². The number of ether oxygens (including phenoxy) is 5. The second-order valence-corrected chi connectivity index (χ2v) is 16.8. The summed E-state index contributed by atoms with van der Waals surface area (Å²) in [4.78, 5) is 70.0. The van der Waals surface area contributed by atoms with E-state index in [1.165, 1.54) is 25.3 Å². The average molecular weight is 936 g/mol. The van der Waals surface area contributed by atoms with Crippen molar-refractivity contribution in [3.05, 3.63) is 81.4 Å². The van der Waals surface area contributed by atoms with Gasteiger partial charge in [0.05, 0.1) is 68.5 Å². The van der Waals surface area contributed by atoms with Crippen LogP contribution in [0.25, 0.3) is 0 Å². The normalized spacial score (nSPS) is 24.8. The number of aromatic hydroxyl groups is 2. The molecule has 0 radical (unpaired) electrons. The van der Waals surface area contributed by atoms with Gasteiger partial charge in [0.15, 0.2) is 17.7 Å². The number of amides is 2. The zero-order valence-corrected chi connectivity index (χ0v) is 38.1. The van der Waals surface area contributed by atoms with Gasteiger partial charge in [-0.05, 0) is 63.0 Å². The molecule has 3 heterocycles. The Morgan fingerprint density at radius 2 is 1.70 bits per heavy atom. The Labute approximate surface area is 387 Å². The van der Waals surface area contributed by atoms with Gasteiger partial charge in [0.25, 0.3) is 5.91 Å². The molecule has 0 spiro atoms. The predicted octanol–water partition coefficient (Wildman–Crippen LogP) is 1.75. The minimum absolute atomic E-state index is 0.0130. The zero-order valence-electron chi connectivity index (χ0n) is 38.1. The molecule has 3 aromatic rings. The minimum Gasteiger partial charge on any atom is -0.507 e. The molecule has 2 unspecified atom stereocenters. The lowest BCUT2D eigenvalue weighted by Gasteiger charge is -2.42. The number of nitrogens with two attached hydrogens (primary N) is 1. The SMILES string of the molecule is CNc1ccc(CONC(=O)[C@]2(O)Cc3c(O)c4c(c(O)c3[C@@H](OC3CC[C@H](OC5COCCN5)[C@H](C)O3)C2)C(=O)c2c(OC)cccc2C4=O)cc1.CO.NC(=O)C1CCN(CC=O)CC1. The van der Waals surface area contributed by atoms with E-state index >= 15 is 0 Å². The maximum atomic E-state index is 14.0. The number of phenols is 2. The number of nitrogens with zero attached hydrogens (tertiary/aromatic N) is 1. The quantitative estimate of drug-likeness (QED) is 0.0538. The van der Waals surface area contributed by atoms with E-state index in [0.29, 0.717) is 39.1 Å². The monoisotopic (exact) mass is 935 g/mol. The van der Waals surface area contributed by atoms with Crippen LogP contribution in [0.2, 0.25) is 0 Å². The second kappa shape index (κ2) is 23.0. The number of carbonyl (C=O) groups excluding carboxylic acids is 5. The van der Waals surface area contributed by atoms with Gasteiger partial charge in [-0.25, -0.2) is 5.48 Å². The number of phenolic OH excluding ortho intramolecular Hbond substituents is 2. The summed E-state index contributed by atoms with van der Waals surface area (Å²) in [6.07, 6.45) is -0.800. The first kappa shape index (κ1) is 50.9. The molecular formula is C47H61N5O15. The van der Waals surface area contributed by atoms with Gasteiger partial charge in [-0.3, -0.25) is 34.2 Å². The number of nitrogens with one attached hydrogen (secondary N) is 3. The molecule has 0 bridgehead atoms. The number of rotatable bonds is 13. The van der Waals surface area contributed by atoms with Crippen LogP contribution < -0.4 is 26.6 Å². The van der Waals surface area contributed by atoms with Crippen LogP contribution in [-0.4, -0.2) is 146 Å². The van der Waals surface area contributed by atoms with Gasteiger partial charge in [-0.1, -0.05) is 24.3 Å². The number of likely N-dealkylation sites (tertiary alicyclic amines) is 1. The summed E-state index contributed by atoms with van der Waals surface area (Å²) in [6, 6.07) is 11.8.